The molecule has 0 spiro atoms. The molecule has 3 rings (SSSR count). The maximum atomic E-state index is 14.0. The number of nitrogens with one attached hydrogen (secondary N) is 1. The standard InChI is InChI=1S/C15H8F4N2O2/c16-11-7-8(23-15(17,18)19)5-6-9(11)13-20-12-4-2-1-3-10(12)14(22)21-13/h1-7H,(H,20,21,22). The SMILES string of the molecule is O=c1[nH]c(-c2ccc(OC(F)(F)F)cc2F)nc2ccccc12. The number of para-hydroxylation sites is 1. The van der Waals surface area contributed by atoms with E-state index in [0.717, 1.165) is 12.1 Å². The normalized spacial score (nSPS) is 11.7. The van der Waals surface area contributed by atoms with Crippen molar-refractivity contribution >= 4 is 10.9 Å². The highest BCUT2D eigenvalue weighted by Crippen LogP contribution is 2.27. The zero-order chi connectivity index (χ0) is 16.6. The topological polar surface area (TPSA) is 55.0 Å². The second-order valence-corrected chi connectivity index (χ2v) is 4.62. The van der Waals surface area contributed by atoms with Crippen molar-refractivity contribution in [2.24, 2.45) is 0 Å². The fourth-order valence-electron chi connectivity index (χ4n) is 2.10. The number of alkyl halides is 3. The van der Waals surface area contributed by atoms with Gasteiger partial charge in [0.15, 0.2) is 0 Å². The number of benzene rings is 2. The molecule has 0 bridgehead atoms. The molecule has 0 amide bonds. The summed E-state index contributed by atoms with van der Waals surface area (Å²) in [6, 6.07) is 9.04. The van der Waals surface area contributed by atoms with E-state index in [2.05, 4.69) is 14.7 Å². The number of halogens is 4. The summed E-state index contributed by atoms with van der Waals surface area (Å²) in [6.07, 6.45) is -4.91. The van der Waals surface area contributed by atoms with Crippen LogP contribution in [0.15, 0.2) is 47.3 Å². The molecule has 0 radical (unpaired) electrons. The largest absolute Gasteiger partial charge is 0.573 e. The van der Waals surface area contributed by atoms with Crippen molar-refractivity contribution in [2.45, 2.75) is 6.36 Å². The van der Waals surface area contributed by atoms with E-state index < -0.39 is 23.5 Å². The number of aromatic nitrogens is 2. The first-order chi connectivity index (χ1) is 10.8. The molecule has 23 heavy (non-hydrogen) atoms. The first-order valence-corrected chi connectivity index (χ1v) is 6.38. The zero-order valence-corrected chi connectivity index (χ0v) is 11.3. The molecule has 0 saturated carbocycles. The molecule has 118 valence electrons. The minimum atomic E-state index is -4.91. The predicted molar refractivity (Wildman–Crippen MR) is 74.4 cm³/mol. The molecule has 8 heteroatoms. The van der Waals surface area contributed by atoms with Crippen LogP contribution in [0.4, 0.5) is 17.6 Å². The minimum absolute atomic E-state index is 0.0789. The van der Waals surface area contributed by atoms with Crippen LogP contribution in [0.5, 0.6) is 5.75 Å². The van der Waals surface area contributed by atoms with E-state index in [-0.39, 0.29) is 11.4 Å². The fourth-order valence-corrected chi connectivity index (χ4v) is 2.10. The Morgan fingerprint density at radius 3 is 2.52 bits per heavy atom. The van der Waals surface area contributed by atoms with Crippen LogP contribution < -0.4 is 10.3 Å². The summed E-state index contributed by atoms with van der Waals surface area (Å²) < 4.78 is 54.0. The van der Waals surface area contributed by atoms with E-state index in [1.807, 2.05) is 0 Å². The van der Waals surface area contributed by atoms with Gasteiger partial charge < -0.3 is 9.72 Å². The average molecular weight is 324 g/mol. The predicted octanol–water partition coefficient (Wildman–Crippen LogP) is 3.63. The third-order valence-electron chi connectivity index (χ3n) is 3.04. The van der Waals surface area contributed by atoms with Gasteiger partial charge in [-0.15, -0.1) is 13.2 Å². The van der Waals surface area contributed by atoms with Crippen LogP contribution in [-0.2, 0) is 0 Å². The lowest BCUT2D eigenvalue weighted by Gasteiger charge is -2.10. The van der Waals surface area contributed by atoms with E-state index in [9.17, 15) is 22.4 Å². The summed E-state index contributed by atoms with van der Waals surface area (Å²) in [5.41, 5.74) is -0.260. The third-order valence-corrected chi connectivity index (χ3v) is 3.04. The Morgan fingerprint density at radius 1 is 1.09 bits per heavy atom. The number of hydrogen-bond donors (Lipinski definition) is 1. The average Bonchev–Trinajstić information content (AvgIpc) is 2.45. The summed E-state index contributed by atoms with van der Waals surface area (Å²) >= 11 is 0. The van der Waals surface area contributed by atoms with Gasteiger partial charge in [-0.3, -0.25) is 4.79 Å². The van der Waals surface area contributed by atoms with Gasteiger partial charge in [0.05, 0.1) is 16.5 Å². The smallest absolute Gasteiger partial charge is 0.406 e. The Balaban J connectivity index is 2.07. The molecular formula is C15H8F4N2O2. The van der Waals surface area contributed by atoms with Crippen LogP contribution in [0.3, 0.4) is 0 Å². The molecule has 0 unspecified atom stereocenters. The number of ether oxygens (including phenoxy) is 1. The molecule has 1 aromatic heterocycles. The zero-order valence-electron chi connectivity index (χ0n) is 11.3. The number of fused-ring (bicyclic) bond motifs is 1. The van der Waals surface area contributed by atoms with E-state index in [0.29, 0.717) is 17.0 Å². The molecule has 2 aromatic carbocycles. The summed E-state index contributed by atoms with van der Waals surface area (Å²) in [4.78, 5) is 18.5. The quantitative estimate of drug-likeness (QED) is 0.733. The first kappa shape index (κ1) is 15.0. The van der Waals surface area contributed by atoms with Crippen LogP contribution in [-0.4, -0.2) is 16.3 Å². The third kappa shape index (κ3) is 3.15. The van der Waals surface area contributed by atoms with Gasteiger partial charge in [0.25, 0.3) is 5.56 Å². The van der Waals surface area contributed by atoms with Crippen molar-refractivity contribution in [2.75, 3.05) is 0 Å². The Kier molecular flexibility index (Phi) is 3.51. The highest BCUT2D eigenvalue weighted by atomic mass is 19.4. The van der Waals surface area contributed by atoms with Crippen LogP contribution in [0.2, 0.25) is 0 Å². The molecular weight excluding hydrogens is 316 g/mol. The van der Waals surface area contributed by atoms with Gasteiger partial charge in [-0.1, -0.05) is 12.1 Å². The molecule has 0 saturated heterocycles. The van der Waals surface area contributed by atoms with E-state index in [1.54, 1.807) is 24.3 Å². The first-order valence-electron chi connectivity index (χ1n) is 6.38. The Morgan fingerprint density at radius 2 is 1.83 bits per heavy atom. The molecule has 0 aliphatic heterocycles. The summed E-state index contributed by atoms with van der Waals surface area (Å²) in [5, 5.41) is 0.327. The van der Waals surface area contributed by atoms with Crippen LogP contribution in [0.1, 0.15) is 0 Å². The fraction of sp³-hybridized carbons (Fsp3) is 0.0667. The molecule has 1 N–H and O–H groups in total. The van der Waals surface area contributed by atoms with Gasteiger partial charge in [0.2, 0.25) is 0 Å². The van der Waals surface area contributed by atoms with Crippen molar-refractivity contribution in [3.8, 4) is 17.1 Å². The molecule has 0 atom stereocenters. The van der Waals surface area contributed by atoms with Gasteiger partial charge in [0.1, 0.15) is 17.4 Å². The number of aromatic amines is 1. The van der Waals surface area contributed by atoms with E-state index in [4.69, 9.17) is 0 Å². The monoisotopic (exact) mass is 324 g/mol. The van der Waals surface area contributed by atoms with E-state index >= 15 is 0 Å². The van der Waals surface area contributed by atoms with Gasteiger partial charge in [0, 0.05) is 6.07 Å². The van der Waals surface area contributed by atoms with Gasteiger partial charge in [-0.05, 0) is 24.3 Å². The maximum Gasteiger partial charge on any atom is 0.573 e. The lowest BCUT2D eigenvalue weighted by atomic mass is 10.1. The Labute approximate surface area is 126 Å². The van der Waals surface area contributed by atoms with Crippen molar-refractivity contribution in [1.82, 2.24) is 9.97 Å². The Hall–Kier alpha value is -2.90. The number of nitrogens with zero attached hydrogens (tertiary/aromatic N) is 1. The van der Waals surface area contributed by atoms with Crippen molar-refractivity contribution < 1.29 is 22.3 Å². The van der Waals surface area contributed by atoms with E-state index in [1.165, 1.54) is 0 Å². The number of H-pyrrole nitrogens is 1. The van der Waals surface area contributed by atoms with Crippen molar-refractivity contribution in [1.29, 1.82) is 0 Å². The summed E-state index contributed by atoms with van der Waals surface area (Å²) in [7, 11) is 0. The summed E-state index contributed by atoms with van der Waals surface area (Å²) in [5.74, 6) is -1.77. The van der Waals surface area contributed by atoms with Crippen LogP contribution in [0, 0.1) is 5.82 Å². The second-order valence-electron chi connectivity index (χ2n) is 4.62. The van der Waals surface area contributed by atoms with Gasteiger partial charge in [-0.25, -0.2) is 9.37 Å². The highest BCUT2D eigenvalue weighted by Gasteiger charge is 2.31. The lowest BCUT2D eigenvalue weighted by molar-refractivity contribution is -0.274. The molecule has 1 heterocycles. The van der Waals surface area contributed by atoms with Crippen molar-refractivity contribution in [3.63, 3.8) is 0 Å². The highest BCUT2D eigenvalue weighted by molar-refractivity contribution is 5.79. The Bertz CT molecular complexity index is 935. The van der Waals surface area contributed by atoms with Crippen molar-refractivity contribution in [3.05, 3.63) is 58.6 Å². The molecule has 0 aliphatic carbocycles. The molecule has 3 aromatic rings. The van der Waals surface area contributed by atoms with Crippen LogP contribution >= 0.6 is 0 Å². The van der Waals surface area contributed by atoms with Gasteiger partial charge >= 0.3 is 6.36 Å². The number of hydrogen-bond acceptors (Lipinski definition) is 3. The molecule has 0 aliphatic rings. The summed E-state index contributed by atoms with van der Waals surface area (Å²) in [6.45, 7) is 0. The minimum Gasteiger partial charge on any atom is -0.406 e. The van der Waals surface area contributed by atoms with Crippen LogP contribution in [0.25, 0.3) is 22.3 Å². The number of rotatable bonds is 2. The lowest BCUT2D eigenvalue weighted by Crippen LogP contribution is -2.17. The molecule has 4 nitrogen and oxygen atoms in total. The van der Waals surface area contributed by atoms with Gasteiger partial charge in [-0.2, -0.15) is 0 Å². The maximum absolute atomic E-state index is 14.0. The molecule has 0 fully saturated rings. The second kappa shape index (κ2) is 5.38.